The Hall–Kier alpha value is -1.65. The number of rotatable bonds is 4. The number of nitrogens with zero attached hydrogens (tertiary/aromatic N) is 2. The summed E-state index contributed by atoms with van der Waals surface area (Å²) in [5.41, 5.74) is 0.825. The average Bonchev–Trinajstić information content (AvgIpc) is 2.79. The Labute approximate surface area is 101 Å². The van der Waals surface area contributed by atoms with Crippen molar-refractivity contribution in [3.05, 3.63) is 18.1 Å². The van der Waals surface area contributed by atoms with Crippen LogP contribution in [-0.2, 0) is 4.79 Å². The molecule has 1 amide bonds. The lowest BCUT2D eigenvalue weighted by atomic mass is 10.2. The number of nitrogens with one attached hydrogen (secondary N) is 1. The first-order valence-corrected chi connectivity index (χ1v) is 5.95. The maximum absolute atomic E-state index is 11.6. The minimum absolute atomic E-state index is 0.0208. The summed E-state index contributed by atoms with van der Waals surface area (Å²) >= 11 is 0. The Morgan fingerprint density at radius 2 is 2.24 bits per heavy atom. The second kappa shape index (κ2) is 5.61. The number of ether oxygens (including phenoxy) is 1. The lowest BCUT2D eigenvalue weighted by molar-refractivity contribution is -0.123. The Morgan fingerprint density at radius 3 is 2.94 bits per heavy atom. The van der Waals surface area contributed by atoms with Crippen LogP contribution < -0.4 is 10.1 Å². The van der Waals surface area contributed by atoms with E-state index in [0.717, 1.165) is 18.5 Å². The maximum Gasteiger partial charge on any atom is 0.258 e. The predicted octanol–water partition coefficient (Wildman–Crippen LogP) is 1.22. The lowest BCUT2D eigenvalue weighted by Crippen LogP contribution is -2.36. The SMILES string of the molecule is Cc1cc(OCC(=O)NC2CCCC2)ncn1. The molecule has 0 bridgehead atoms. The summed E-state index contributed by atoms with van der Waals surface area (Å²) in [5.74, 6) is 0.368. The van der Waals surface area contributed by atoms with E-state index in [1.165, 1.54) is 19.2 Å². The van der Waals surface area contributed by atoms with Crippen molar-refractivity contribution < 1.29 is 9.53 Å². The molecule has 17 heavy (non-hydrogen) atoms. The summed E-state index contributed by atoms with van der Waals surface area (Å²) in [4.78, 5) is 19.5. The molecule has 1 N–H and O–H groups in total. The molecular weight excluding hydrogens is 218 g/mol. The molecule has 1 fully saturated rings. The molecule has 1 aromatic rings. The molecule has 92 valence electrons. The third kappa shape index (κ3) is 3.69. The van der Waals surface area contributed by atoms with Gasteiger partial charge in [0.15, 0.2) is 6.61 Å². The van der Waals surface area contributed by atoms with Gasteiger partial charge < -0.3 is 10.1 Å². The fourth-order valence-corrected chi connectivity index (χ4v) is 1.99. The van der Waals surface area contributed by atoms with Crippen LogP contribution in [0.1, 0.15) is 31.4 Å². The van der Waals surface area contributed by atoms with Gasteiger partial charge >= 0.3 is 0 Å². The number of amides is 1. The van der Waals surface area contributed by atoms with E-state index in [1.54, 1.807) is 6.07 Å². The van der Waals surface area contributed by atoms with Crippen molar-refractivity contribution in [3.8, 4) is 5.88 Å². The highest BCUT2D eigenvalue weighted by Gasteiger charge is 2.17. The minimum Gasteiger partial charge on any atom is -0.467 e. The minimum atomic E-state index is -0.0758. The van der Waals surface area contributed by atoms with Crippen LogP contribution in [0.15, 0.2) is 12.4 Å². The Kier molecular flexibility index (Phi) is 3.90. The van der Waals surface area contributed by atoms with Crippen molar-refractivity contribution in [3.63, 3.8) is 0 Å². The molecule has 2 rings (SSSR count). The van der Waals surface area contributed by atoms with Crippen molar-refractivity contribution in [2.24, 2.45) is 0 Å². The summed E-state index contributed by atoms with van der Waals surface area (Å²) in [6.45, 7) is 1.88. The van der Waals surface area contributed by atoms with Gasteiger partial charge in [0.05, 0.1) is 0 Å². The summed E-state index contributed by atoms with van der Waals surface area (Å²) in [6, 6.07) is 2.04. The van der Waals surface area contributed by atoms with Gasteiger partial charge in [-0.2, -0.15) is 0 Å². The smallest absolute Gasteiger partial charge is 0.258 e. The van der Waals surface area contributed by atoms with Gasteiger partial charge in [-0.15, -0.1) is 0 Å². The van der Waals surface area contributed by atoms with Crippen molar-refractivity contribution >= 4 is 5.91 Å². The van der Waals surface area contributed by atoms with Gasteiger partial charge in [0, 0.05) is 17.8 Å². The Morgan fingerprint density at radius 1 is 1.47 bits per heavy atom. The summed E-state index contributed by atoms with van der Waals surface area (Å²) in [5, 5.41) is 2.96. The molecule has 0 atom stereocenters. The van der Waals surface area contributed by atoms with E-state index >= 15 is 0 Å². The van der Waals surface area contributed by atoms with E-state index in [2.05, 4.69) is 15.3 Å². The summed E-state index contributed by atoms with van der Waals surface area (Å²) < 4.78 is 5.30. The molecule has 1 aliphatic carbocycles. The fourth-order valence-electron chi connectivity index (χ4n) is 1.99. The monoisotopic (exact) mass is 235 g/mol. The molecule has 0 aliphatic heterocycles. The molecule has 1 aliphatic rings. The maximum atomic E-state index is 11.6. The van der Waals surface area contributed by atoms with Gasteiger partial charge in [-0.05, 0) is 19.8 Å². The number of hydrogen-bond donors (Lipinski definition) is 1. The molecule has 0 radical (unpaired) electrons. The van der Waals surface area contributed by atoms with Crippen LogP contribution in [0.5, 0.6) is 5.88 Å². The van der Waals surface area contributed by atoms with Crippen molar-refractivity contribution in [2.75, 3.05) is 6.61 Å². The van der Waals surface area contributed by atoms with E-state index < -0.39 is 0 Å². The zero-order chi connectivity index (χ0) is 12.1. The van der Waals surface area contributed by atoms with Crippen LogP contribution >= 0.6 is 0 Å². The second-order valence-corrected chi connectivity index (χ2v) is 4.34. The van der Waals surface area contributed by atoms with Crippen molar-refractivity contribution in [2.45, 2.75) is 38.6 Å². The second-order valence-electron chi connectivity index (χ2n) is 4.34. The molecule has 0 aromatic carbocycles. The van der Waals surface area contributed by atoms with E-state index in [0.29, 0.717) is 11.9 Å². The average molecular weight is 235 g/mol. The van der Waals surface area contributed by atoms with E-state index in [1.807, 2.05) is 6.92 Å². The van der Waals surface area contributed by atoms with Crippen LogP contribution in [0.25, 0.3) is 0 Å². The lowest BCUT2D eigenvalue weighted by Gasteiger charge is -2.12. The van der Waals surface area contributed by atoms with Gasteiger partial charge in [0.25, 0.3) is 5.91 Å². The fraction of sp³-hybridized carbons (Fsp3) is 0.583. The Bertz CT molecular complexity index is 389. The zero-order valence-corrected chi connectivity index (χ0v) is 9.98. The molecule has 0 saturated heterocycles. The highest BCUT2D eigenvalue weighted by molar-refractivity contribution is 5.77. The Balaban J connectivity index is 1.75. The van der Waals surface area contributed by atoms with Crippen LogP contribution in [0, 0.1) is 6.92 Å². The quantitative estimate of drug-likeness (QED) is 0.852. The number of aryl methyl sites for hydroxylation is 1. The van der Waals surface area contributed by atoms with Gasteiger partial charge in [0.1, 0.15) is 6.33 Å². The molecule has 1 heterocycles. The van der Waals surface area contributed by atoms with Gasteiger partial charge in [-0.1, -0.05) is 12.8 Å². The van der Waals surface area contributed by atoms with Crippen molar-refractivity contribution in [1.29, 1.82) is 0 Å². The molecule has 5 nitrogen and oxygen atoms in total. The van der Waals surface area contributed by atoms with Crippen LogP contribution in [0.3, 0.4) is 0 Å². The largest absolute Gasteiger partial charge is 0.467 e. The third-order valence-corrected chi connectivity index (χ3v) is 2.85. The highest BCUT2D eigenvalue weighted by atomic mass is 16.5. The molecule has 1 aromatic heterocycles. The van der Waals surface area contributed by atoms with Crippen molar-refractivity contribution in [1.82, 2.24) is 15.3 Å². The molecule has 0 unspecified atom stereocenters. The van der Waals surface area contributed by atoms with Gasteiger partial charge in [-0.25, -0.2) is 9.97 Å². The number of aromatic nitrogens is 2. The zero-order valence-electron chi connectivity index (χ0n) is 9.98. The van der Waals surface area contributed by atoms with Gasteiger partial charge in [0.2, 0.25) is 5.88 Å². The predicted molar refractivity (Wildman–Crippen MR) is 62.7 cm³/mol. The van der Waals surface area contributed by atoms with Crippen LogP contribution in [0.4, 0.5) is 0 Å². The number of hydrogen-bond acceptors (Lipinski definition) is 4. The normalized spacial score (nSPS) is 15.8. The first-order chi connectivity index (χ1) is 8.24. The summed E-state index contributed by atoms with van der Waals surface area (Å²) in [6.07, 6.45) is 6.00. The van der Waals surface area contributed by atoms with Crippen LogP contribution in [0.2, 0.25) is 0 Å². The molecule has 1 saturated carbocycles. The first-order valence-electron chi connectivity index (χ1n) is 5.95. The number of carbonyl (C=O) groups is 1. The first kappa shape index (κ1) is 11.8. The number of carbonyl (C=O) groups excluding carboxylic acids is 1. The molecular formula is C12H17N3O2. The molecule has 5 heteroatoms. The summed E-state index contributed by atoms with van der Waals surface area (Å²) in [7, 11) is 0. The third-order valence-electron chi connectivity index (χ3n) is 2.85. The highest BCUT2D eigenvalue weighted by Crippen LogP contribution is 2.17. The molecule has 0 spiro atoms. The standard InChI is InChI=1S/C12H17N3O2/c1-9-6-12(14-8-13-9)17-7-11(16)15-10-4-2-3-5-10/h6,8,10H,2-5,7H2,1H3,(H,15,16). The van der Waals surface area contributed by atoms with E-state index in [9.17, 15) is 4.79 Å². The van der Waals surface area contributed by atoms with E-state index in [-0.39, 0.29) is 12.5 Å². The van der Waals surface area contributed by atoms with E-state index in [4.69, 9.17) is 4.74 Å². The van der Waals surface area contributed by atoms with Gasteiger partial charge in [-0.3, -0.25) is 4.79 Å². The topological polar surface area (TPSA) is 64.1 Å². The van der Waals surface area contributed by atoms with Crippen LogP contribution in [-0.4, -0.2) is 28.5 Å².